The summed E-state index contributed by atoms with van der Waals surface area (Å²) in [7, 11) is 0. The first-order chi connectivity index (χ1) is 7.25. The van der Waals surface area contributed by atoms with Gasteiger partial charge in [0.05, 0.1) is 0 Å². The smallest absolute Gasteiger partial charge is 0.231 e. The van der Waals surface area contributed by atoms with Crippen molar-refractivity contribution >= 4 is 22.6 Å². The Balaban J connectivity index is 1.86. The molecule has 2 heterocycles. The molecular weight excluding hydrogens is 307 g/mol. The summed E-state index contributed by atoms with van der Waals surface area (Å²) < 4.78 is 17.1. The molecule has 1 saturated heterocycles. The molecule has 2 aliphatic rings. The van der Waals surface area contributed by atoms with Crippen molar-refractivity contribution in [2.75, 3.05) is 6.79 Å². The minimum absolute atomic E-state index is 0.142. The number of ether oxygens (including phenoxy) is 3. The molecule has 0 unspecified atom stereocenters. The van der Waals surface area contributed by atoms with Gasteiger partial charge in [-0.3, -0.25) is 0 Å². The summed E-state index contributed by atoms with van der Waals surface area (Å²) >= 11 is 2.20. The quantitative estimate of drug-likeness (QED) is 0.621. The van der Waals surface area contributed by atoms with Gasteiger partial charge in [-0.1, -0.05) is 12.6 Å². The van der Waals surface area contributed by atoms with Crippen LogP contribution in [0.3, 0.4) is 0 Å². The Morgan fingerprint density at radius 3 is 2.87 bits per heavy atom. The number of halogens is 1. The fourth-order valence-electron chi connectivity index (χ4n) is 1.69. The molecule has 3 nitrogen and oxygen atoms in total. The van der Waals surface area contributed by atoms with Crippen molar-refractivity contribution in [1.29, 1.82) is 0 Å². The van der Waals surface area contributed by atoms with E-state index in [2.05, 4.69) is 29.2 Å². The third-order valence-corrected chi connectivity index (χ3v) is 3.14. The molecule has 78 valence electrons. The summed E-state index contributed by atoms with van der Waals surface area (Å²) in [6, 6.07) is 5.91. The highest BCUT2D eigenvalue weighted by molar-refractivity contribution is 14.1. The topological polar surface area (TPSA) is 31.0 Å². The van der Waals surface area contributed by atoms with Gasteiger partial charge in [0.15, 0.2) is 11.5 Å². The average molecular weight is 316 g/mol. The minimum atomic E-state index is 0.142. The van der Waals surface area contributed by atoms with E-state index in [1.807, 2.05) is 18.2 Å². The molecule has 0 aliphatic carbocycles. The van der Waals surface area contributed by atoms with Crippen LogP contribution >= 0.6 is 22.6 Å². The lowest BCUT2D eigenvalue weighted by atomic mass is 10.1. The molecule has 0 saturated carbocycles. The molecule has 0 N–H and O–H groups in total. The molecule has 2 aliphatic heterocycles. The van der Waals surface area contributed by atoms with Gasteiger partial charge in [0, 0.05) is 3.58 Å². The zero-order valence-corrected chi connectivity index (χ0v) is 10.1. The van der Waals surface area contributed by atoms with Gasteiger partial charge < -0.3 is 14.2 Å². The molecule has 0 bridgehead atoms. The van der Waals surface area contributed by atoms with Gasteiger partial charge in [-0.15, -0.1) is 0 Å². The highest BCUT2D eigenvalue weighted by atomic mass is 127. The van der Waals surface area contributed by atoms with E-state index in [0.29, 0.717) is 6.79 Å². The molecule has 1 fully saturated rings. The fraction of sp³-hybridized carbons (Fsp3) is 0.273. The second-order valence-electron chi connectivity index (χ2n) is 3.54. The van der Waals surface area contributed by atoms with E-state index in [9.17, 15) is 0 Å². The molecule has 0 spiro atoms. The van der Waals surface area contributed by atoms with E-state index in [4.69, 9.17) is 14.2 Å². The number of hydrogen-bond donors (Lipinski definition) is 0. The van der Waals surface area contributed by atoms with Crippen LogP contribution in [-0.4, -0.2) is 12.9 Å². The molecule has 2 atom stereocenters. The van der Waals surface area contributed by atoms with Crippen LogP contribution in [0.5, 0.6) is 11.5 Å². The second kappa shape index (κ2) is 3.38. The monoisotopic (exact) mass is 316 g/mol. The summed E-state index contributed by atoms with van der Waals surface area (Å²) in [4.78, 5) is 0. The number of epoxide rings is 1. The Labute approximate surface area is 101 Å². The molecule has 15 heavy (non-hydrogen) atoms. The van der Waals surface area contributed by atoms with Gasteiger partial charge in [0.2, 0.25) is 6.79 Å². The maximum Gasteiger partial charge on any atom is 0.231 e. The van der Waals surface area contributed by atoms with Crippen LogP contribution in [0, 0.1) is 0 Å². The number of fused-ring (bicyclic) bond motifs is 1. The Bertz CT molecular complexity index is 430. The molecule has 1 aromatic rings. The lowest BCUT2D eigenvalue weighted by Gasteiger charge is -1.98. The van der Waals surface area contributed by atoms with Gasteiger partial charge >= 0.3 is 0 Å². The van der Waals surface area contributed by atoms with Crippen LogP contribution in [0.2, 0.25) is 0 Å². The van der Waals surface area contributed by atoms with Crippen molar-refractivity contribution in [3.05, 3.63) is 33.9 Å². The van der Waals surface area contributed by atoms with Gasteiger partial charge in [0.25, 0.3) is 0 Å². The first kappa shape index (κ1) is 9.47. The highest BCUT2D eigenvalue weighted by Gasteiger charge is 2.41. The summed E-state index contributed by atoms with van der Waals surface area (Å²) in [6.45, 7) is 4.18. The van der Waals surface area contributed by atoms with E-state index >= 15 is 0 Å². The Morgan fingerprint density at radius 1 is 1.33 bits per heavy atom. The predicted octanol–water partition coefficient (Wildman–Crippen LogP) is 2.80. The van der Waals surface area contributed by atoms with Crippen molar-refractivity contribution < 1.29 is 14.2 Å². The van der Waals surface area contributed by atoms with Crippen LogP contribution in [-0.2, 0) is 4.74 Å². The maximum absolute atomic E-state index is 5.52. The van der Waals surface area contributed by atoms with E-state index in [1.54, 1.807) is 0 Å². The van der Waals surface area contributed by atoms with E-state index in [1.165, 1.54) is 0 Å². The van der Waals surface area contributed by atoms with Crippen molar-refractivity contribution in [2.24, 2.45) is 0 Å². The van der Waals surface area contributed by atoms with Gasteiger partial charge in [-0.05, 0) is 40.3 Å². The number of hydrogen-bond acceptors (Lipinski definition) is 3. The Hall–Kier alpha value is -0.750. The summed E-state index contributed by atoms with van der Waals surface area (Å²) in [6.07, 6.45) is 0.301. The zero-order valence-electron chi connectivity index (χ0n) is 7.90. The van der Waals surface area contributed by atoms with E-state index in [-0.39, 0.29) is 12.2 Å². The molecule has 3 rings (SSSR count). The first-order valence-corrected chi connectivity index (χ1v) is 5.73. The first-order valence-electron chi connectivity index (χ1n) is 4.65. The SMILES string of the molecule is C=C(I)[C@H]1O[C@H]1c1ccc2c(c1)OCO2. The molecule has 1 aromatic carbocycles. The third-order valence-electron chi connectivity index (χ3n) is 2.53. The van der Waals surface area contributed by atoms with Crippen LogP contribution in [0.25, 0.3) is 0 Å². The minimum Gasteiger partial charge on any atom is -0.454 e. The summed E-state index contributed by atoms with van der Waals surface area (Å²) in [5.74, 6) is 1.62. The van der Waals surface area contributed by atoms with E-state index < -0.39 is 0 Å². The lowest BCUT2D eigenvalue weighted by Crippen LogP contribution is -1.93. The maximum atomic E-state index is 5.52. The highest BCUT2D eigenvalue weighted by Crippen LogP contribution is 2.46. The third kappa shape index (κ3) is 1.61. The van der Waals surface area contributed by atoms with E-state index in [0.717, 1.165) is 20.6 Å². The standard InChI is InChI=1S/C11H9IO3/c1-6(12)10-11(15-10)7-2-3-8-9(4-7)14-5-13-8/h2-4,10-11H,1,5H2/t10-,11+/m1/s1. The van der Waals surface area contributed by atoms with Gasteiger partial charge in [-0.25, -0.2) is 0 Å². The lowest BCUT2D eigenvalue weighted by molar-refractivity contribution is 0.174. The van der Waals surface area contributed by atoms with Crippen molar-refractivity contribution in [3.63, 3.8) is 0 Å². The molecule has 0 amide bonds. The summed E-state index contributed by atoms with van der Waals surface area (Å²) in [5.41, 5.74) is 1.13. The van der Waals surface area contributed by atoms with Crippen molar-refractivity contribution in [2.45, 2.75) is 12.2 Å². The molecule has 0 radical (unpaired) electrons. The van der Waals surface area contributed by atoms with Crippen LogP contribution in [0.15, 0.2) is 28.4 Å². The van der Waals surface area contributed by atoms with Crippen LogP contribution < -0.4 is 9.47 Å². The van der Waals surface area contributed by atoms with Crippen LogP contribution in [0.1, 0.15) is 11.7 Å². The molecule has 4 heteroatoms. The fourth-order valence-corrected chi connectivity index (χ4v) is 2.17. The Kier molecular flexibility index (Phi) is 2.14. The number of rotatable bonds is 2. The predicted molar refractivity (Wildman–Crippen MR) is 63.3 cm³/mol. The molecule has 0 aromatic heterocycles. The van der Waals surface area contributed by atoms with Crippen LogP contribution in [0.4, 0.5) is 0 Å². The average Bonchev–Trinajstić information content (AvgIpc) is 2.89. The molecular formula is C11H9IO3. The number of benzene rings is 1. The largest absolute Gasteiger partial charge is 0.454 e. The second-order valence-corrected chi connectivity index (χ2v) is 4.92. The van der Waals surface area contributed by atoms with Gasteiger partial charge in [0.1, 0.15) is 12.2 Å². The zero-order chi connectivity index (χ0) is 10.4. The van der Waals surface area contributed by atoms with Crippen molar-refractivity contribution in [1.82, 2.24) is 0 Å². The normalized spacial score (nSPS) is 26.5. The summed E-state index contributed by atoms with van der Waals surface area (Å²) in [5, 5.41) is 0. The van der Waals surface area contributed by atoms with Crippen molar-refractivity contribution in [3.8, 4) is 11.5 Å². The van der Waals surface area contributed by atoms with Gasteiger partial charge in [-0.2, -0.15) is 0 Å². The Morgan fingerprint density at radius 2 is 2.13 bits per heavy atom.